The van der Waals surface area contributed by atoms with Gasteiger partial charge in [0.15, 0.2) is 0 Å². The van der Waals surface area contributed by atoms with Crippen molar-refractivity contribution in [3.63, 3.8) is 0 Å². The van der Waals surface area contributed by atoms with Crippen LogP contribution in [0.4, 0.5) is 0 Å². The Kier molecular flexibility index (Phi) is 7.06. The van der Waals surface area contributed by atoms with E-state index in [1.165, 1.54) is 25.7 Å². The second kappa shape index (κ2) is 7.42. The largest absolute Gasteiger partial charge is 0.343 e. The fourth-order valence-electron chi connectivity index (χ4n) is 5.78. The van der Waals surface area contributed by atoms with Crippen molar-refractivity contribution in [2.75, 3.05) is 0 Å². The van der Waals surface area contributed by atoms with Crippen molar-refractivity contribution in [1.82, 2.24) is 8.46 Å². The van der Waals surface area contributed by atoms with E-state index in [1.807, 2.05) is 0 Å². The summed E-state index contributed by atoms with van der Waals surface area (Å²) in [6.45, 7) is 30.8. The molecule has 1 rings (SSSR count). The summed E-state index contributed by atoms with van der Waals surface area (Å²) in [5.41, 5.74) is 0. The second-order valence-corrected chi connectivity index (χ2v) is 32.1. The smallest absolute Gasteiger partial charge is 0.112 e. The molecular weight excluding hydrogens is 357 g/mol. The molecule has 0 spiro atoms. The average Bonchev–Trinajstić information content (AvgIpc) is 2.23. The highest BCUT2D eigenvalue weighted by Gasteiger charge is 2.44. The van der Waals surface area contributed by atoms with Crippen molar-refractivity contribution in [1.29, 1.82) is 0 Å². The van der Waals surface area contributed by atoms with Gasteiger partial charge in [0.2, 0.25) is 0 Å². The van der Waals surface area contributed by atoms with E-state index >= 15 is 0 Å². The summed E-state index contributed by atoms with van der Waals surface area (Å²) in [7, 11) is -4.93. The first-order chi connectivity index (χ1) is 10.5. The highest BCUT2D eigenvalue weighted by Crippen LogP contribution is 2.36. The van der Waals surface area contributed by atoms with Crippen LogP contribution >= 0.6 is 0 Å². The molecule has 0 aromatic heterocycles. The van der Waals surface area contributed by atoms with Crippen molar-refractivity contribution < 1.29 is 0 Å². The van der Waals surface area contributed by atoms with E-state index in [1.54, 1.807) is 0 Å². The summed E-state index contributed by atoms with van der Waals surface area (Å²) < 4.78 is 6.15. The summed E-state index contributed by atoms with van der Waals surface area (Å²) in [4.78, 5) is 0. The lowest BCUT2D eigenvalue weighted by Crippen LogP contribution is -2.66. The third kappa shape index (κ3) is 5.91. The lowest BCUT2D eigenvalue weighted by atomic mass is 9.92. The molecule has 1 saturated carbocycles. The number of rotatable bonds is 6. The fraction of sp³-hybridized carbons (Fsp3) is 1.00. The first-order valence-electron chi connectivity index (χ1n) is 10.0. The highest BCUT2D eigenvalue weighted by molar-refractivity contribution is 6.90. The van der Waals surface area contributed by atoms with Gasteiger partial charge in [0.05, 0.1) is 0 Å². The SMILES string of the molecule is C[Si](C)(C)N(C1CCC(N([Si](C)(C)C)[Si](C)(C)C)CC1)[Si](C)(C)C. The van der Waals surface area contributed by atoms with Crippen LogP contribution in [0.15, 0.2) is 0 Å². The average molecular weight is 403 g/mol. The molecule has 0 aliphatic heterocycles. The Balaban J connectivity index is 2.92. The van der Waals surface area contributed by atoms with Crippen LogP contribution in [0.3, 0.4) is 0 Å². The third-order valence-corrected chi connectivity index (χ3v) is 20.6. The van der Waals surface area contributed by atoms with Crippen LogP contribution < -0.4 is 0 Å². The molecule has 144 valence electrons. The van der Waals surface area contributed by atoms with E-state index in [0.29, 0.717) is 0 Å². The monoisotopic (exact) mass is 402 g/mol. The van der Waals surface area contributed by atoms with Gasteiger partial charge in [0.25, 0.3) is 0 Å². The Labute approximate surface area is 157 Å². The molecule has 1 aliphatic carbocycles. The minimum Gasteiger partial charge on any atom is -0.343 e. The molecule has 0 aromatic rings. The van der Waals surface area contributed by atoms with E-state index in [0.717, 1.165) is 12.1 Å². The van der Waals surface area contributed by atoms with Gasteiger partial charge < -0.3 is 8.46 Å². The fourth-order valence-corrected chi connectivity index (χ4v) is 27.3. The molecule has 1 aliphatic rings. The van der Waals surface area contributed by atoms with Gasteiger partial charge in [-0.1, -0.05) is 78.6 Å². The molecule has 0 bridgehead atoms. The van der Waals surface area contributed by atoms with Crippen molar-refractivity contribution in [3.05, 3.63) is 0 Å². The van der Waals surface area contributed by atoms with Gasteiger partial charge in [0.1, 0.15) is 32.9 Å². The summed E-state index contributed by atoms with van der Waals surface area (Å²) >= 11 is 0. The van der Waals surface area contributed by atoms with Gasteiger partial charge in [-0.2, -0.15) is 0 Å². The molecule has 0 amide bonds. The Bertz CT molecular complexity index is 337. The Morgan fingerprint density at radius 3 is 0.708 bits per heavy atom. The van der Waals surface area contributed by atoms with Crippen LogP contribution in [0.25, 0.3) is 0 Å². The minimum atomic E-state index is -1.23. The molecule has 0 atom stereocenters. The van der Waals surface area contributed by atoms with E-state index in [2.05, 4.69) is 87.0 Å². The Morgan fingerprint density at radius 1 is 0.417 bits per heavy atom. The van der Waals surface area contributed by atoms with E-state index in [9.17, 15) is 0 Å². The summed E-state index contributed by atoms with van der Waals surface area (Å²) in [6, 6.07) is 1.73. The van der Waals surface area contributed by atoms with Gasteiger partial charge in [0, 0.05) is 0 Å². The maximum Gasteiger partial charge on any atom is 0.112 e. The van der Waals surface area contributed by atoms with Crippen LogP contribution in [-0.4, -0.2) is 53.5 Å². The van der Waals surface area contributed by atoms with Crippen molar-refractivity contribution in [3.8, 4) is 0 Å². The Hall–Kier alpha value is 0.788. The number of hydrogen-bond donors (Lipinski definition) is 0. The quantitative estimate of drug-likeness (QED) is 0.485. The van der Waals surface area contributed by atoms with Crippen molar-refractivity contribution in [2.45, 2.75) is 116 Å². The molecule has 0 unspecified atom stereocenters. The Morgan fingerprint density at radius 2 is 0.583 bits per heavy atom. The van der Waals surface area contributed by atoms with Crippen LogP contribution in [0.5, 0.6) is 0 Å². The zero-order chi connectivity index (χ0) is 19.1. The molecule has 2 nitrogen and oxygen atoms in total. The van der Waals surface area contributed by atoms with Crippen LogP contribution in [-0.2, 0) is 0 Å². The zero-order valence-corrected chi connectivity index (χ0v) is 22.9. The topological polar surface area (TPSA) is 6.48 Å². The minimum absolute atomic E-state index is 0.865. The molecule has 0 radical (unpaired) electrons. The standard InChI is InChI=1S/C18H46N2Si4/c1-21(2,3)19(22(4,5)6)17-13-15-18(16-14-17)20(23(7,8)9)24(10,11)12/h17-18H,13-16H2,1-12H3. The predicted molar refractivity (Wildman–Crippen MR) is 123 cm³/mol. The lowest BCUT2D eigenvalue weighted by Gasteiger charge is -2.54. The third-order valence-electron chi connectivity index (χ3n) is 5.29. The van der Waals surface area contributed by atoms with Crippen LogP contribution in [0, 0.1) is 0 Å². The molecule has 6 heteroatoms. The summed E-state index contributed by atoms with van der Waals surface area (Å²) in [5.74, 6) is 0. The first kappa shape index (κ1) is 22.8. The summed E-state index contributed by atoms with van der Waals surface area (Å²) in [5, 5.41) is 0. The first-order valence-corrected chi connectivity index (χ1v) is 23.8. The molecule has 0 heterocycles. The molecule has 1 fully saturated rings. The lowest BCUT2D eigenvalue weighted by molar-refractivity contribution is 0.249. The van der Waals surface area contributed by atoms with Crippen LogP contribution in [0.1, 0.15) is 25.7 Å². The van der Waals surface area contributed by atoms with Crippen LogP contribution in [0.2, 0.25) is 78.6 Å². The van der Waals surface area contributed by atoms with Gasteiger partial charge in [-0.05, 0) is 37.8 Å². The van der Waals surface area contributed by atoms with Crippen molar-refractivity contribution in [2.24, 2.45) is 0 Å². The predicted octanol–water partition coefficient (Wildman–Crippen LogP) is 6.24. The molecule has 0 aromatic carbocycles. The number of nitrogens with zero attached hydrogens (tertiary/aromatic N) is 2. The highest BCUT2D eigenvalue weighted by atomic mass is 28.4. The van der Waals surface area contributed by atoms with Gasteiger partial charge >= 0.3 is 0 Å². The molecule has 24 heavy (non-hydrogen) atoms. The molecule has 0 N–H and O–H groups in total. The maximum atomic E-state index is 3.07. The summed E-state index contributed by atoms with van der Waals surface area (Å²) in [6.07, 6.45) is 5.74. The van der Waals surface area contributed by atoms with E-state index in [4.69, 9.17) is 0 Å². The van der Waals surface area contributed by atoms with Gasteiger partial charge in [-0.15, -0.1) is 0 Å². The van der Waals surface area contributed by atoms with Gasteiger partial charge in [-0.3, -0.25) is 0 Å². The second-order valence-electron chi connectivity index (χ2n) is 11.9. The van der Waals surface area contributed by atoms with E-state index < -0.39 is 32.9 Å². The normalized spacial score (nSPS) is 24.8. The number of hydrogen-bond acceptors (Lipinski definition) is 2. The van der Waals surface area contributed by atoms with Crippen molar-refractivity contribution >= 4 is 32.9 Å². The van der Waals surface area contributed by atoms with Gasteiger partial charge in [-0.25, -0.2) is 0 Å². The zero-order valence-electron chi connectivity index (χ0n) is 18.9. The van der Waals surface area contributed by atoms with E-state index in [-0.39, 0.29) is 0 Å². The maximum absolute atomic E-state index is 3.07. The molecular formula is C18H46N2Si4. The molecule has 0 saturated heterocycles.